The third-order valence-corrected chi connectivity index (χ3v) is 6.14. The van der Waals surface area contributed by atoms with Crippen LogP contribution in [0.15, 0.2) is 64.9 Å². The van der Waals surface area contributed by atoms with Crippen molar-refractivity contribution in [3.05, 3.63) is 70.6 Å². The number of aryl methyl sites for hydroxylation is 1. The Morgan fingerprint density at radius 1 is 1.04 bits per heavy atom. The lowest BCUT2D eigenvalue weighted by Gasteiger charge is -2.08. The fourth-order valence-electron chi connectivity index (χ4n) is 2.22. The largest absolute Gasteiger partial charge is 0.279 e. The summed E-state index contributed by atoms with van der Waals surface area (Å²) in [7, 11) is -3.58. The molecule has 0 aliphatic carbocycles. The smallest absolute Gasteiger partial charge is 0.262 e. The predicted molar refractivity (Wildman–Crippen MR) is 96.8 cm³/mol. The molecule has 3 aromatic rings. The normalized spacial score (nSPS) is 11.4. The first kappa shape index (κ1) is 16.1. The zero-order valence-corrected chi connectivity index (χ0v) is 14.7. The molecule has 0 saturated heterocycles. The molecule has 0 fully saturated rings. The minimum absolute atomic E-state index is 0.291. The van der Waals surface area contributed by atoms with E-state index in [0.717, 1.165) is 10.4 Å². The number of thiophene rings is 1. The van der Waals surface area contributed by atoms with Gasteiger partial charge in [-0.3, -0.25) is 4.72 Å². The highest BCUT2D eigenvalue weighted by Crippen LogP contribution is 2.31. The van der Waals surface area contributed by atoms with Gasteiger partial charge in [0.1, 0.15) is 0 Å². The van der Waals surface area contributed by atoms with Crippen LogP contribution in [0.1, 0.15) is 5.56 Å². The van der Waals surface area contributed by atoms with E-state index < -0.39 is 10.0 Å². The first-order chi connectivity index (χ1) is 11.0. The van der Waals surface area contributed by atoms with Crippen LogP contribution in [0.2, 0.25) is 5.02 Å². The third-order valence-electron chi connectivity index (χ3n) is 3.36. The summed E-state index contributed by atoms with van der Waals surface area (Å²) in [6.07, 6.45) is 0. The maximum absolute atomic E-state index is 12.5. The monoisotopic (exact) mass is 363 g/mol. The van der Waals surface area contributed by atoms with E-state index in [1.165, 1.54) is 11.3 Å². The van der Waals surface area contributed by atoms with Crippen molar-refractivity contribution in [1.29, 1.82) is 0 Å². The number of sulfonamides is 1. The zero-order chi connectivity index (χ0) is 16.4. The molecule has 0 saturated carbocycles. The summed E-state index contributed by atoms with van der Waals surface area (Å²) >= 11 is 7.36. The maximum Gasteiger partial charge on any atom is 0.262 e. The van der Waals surface area contributed by atoms with Crippen molar-refractivity contribution in [2.75, 3.05) is 4.72 Å². The van der Waals surface area contributed by atoms with E-state index in [0.29, 0.717) is 21.2 Å². The maximum atomic E-state index is 12.5. The van der Waals surface area contributed by atoms with Crippen LogP contribution in [0.3, 0.4) is 0 Å². The van der Waals surface area contributed by atoms with Crippen molar-refractivity contribution in [2.45, 2.75) is 11.8 Å². The van der Waals surface area contributed by atoms with E-state index in [1.807, 2.05) is 36.4 Å². The molecule has 0 bridgehead atoms. The molecule has 1 heterocycles. The molecule has 2 aromatic carbocycles. The molecule has 118 valence electrons. The Bertz CT molecular complexity index is 931. The van der Waals surface area contributed by atoms with Gasteiger partial charge in [0.05, 0.1) is 10.6 Å². The van der Waals surface area contributed by atoms with Crippen molar-refractivity contribution in [3.63, 3.8) is 0 Å². The van der Waals surface area contributed by atoms with Crippen molar-refractivity contribution < 1.29 is 8.42 Å². The minimum Gasteiger partial charge on any atom is -0.279 e. The Kier molecular flexibility index (Phi) is 4.43. The fraction of sp³-hybridized carbons (Fsp3) is 0.0588. The van der Waals surface area contributed by atoms with Crippen LogP contribution in [-0.4, -0.2) is 8.42 Å². The number of anilines is 1. The van der Waals surface area contributed by atoms with Gasteiger partial charge in [0, 0.05) is 15.3 Å². The SMILES string of the molecule is Cc1ccccc1S(=O)(=O)Nc1csc(-c2ccc(Cl)cc2)c1. The summed E-state index contributed by atoms with van der Waals surface area (Å²) in [4.78, 5) is 1.27. The molecule has 0 unspecified atom stereocenters. The molecule has 3 nitrogen and oxygen atoms in total. The van der Waals surface area contributed by atoms with E-state index in [4.69, 9.17) is 11.6 Å². The molecular formula is C17H14ClNO2S2. The third kappa shape index (κ3) is 3.58. The van der Waals surface area contributed by atoms with Gasteiger partial charge < -0.3 is 0 Å². The van der Waals surface area contributed by atoms with Crippen molar-refractivity contribution >= 4 is 38.6 Å². The summed E-state index contributed by atoms with van der Waals surface area (Å²) in [6, 6.07) is 16.2. The first-order valence-corrected chi connectivity index (χ1v) is 9.63. The Hall–Kier alpha value is -1.82. The molecule has 3 rings (SSSR count). The molecular weight excluding hydrogens is 350 g/mol. The van der Waals surface area contributed by atoms with E-state index >= 15 is 0 Å². The molecule has 6 heteroatoms. The molecule has 0 aliphatic heterocycles. The van der Waals surface area contributed by atoms with Crippen LogP contribution in [0, 0.1) is 6.92 Å². The van der Waals surface area contributed by atoms with E-state index in [1.54, 1.807) is 30.5 Å². The van der Waals surface area contributed by atoms with Crippen LogP contribution in [0.25, 0.3) is 10.4 Å². The topological polar surface area (TPSA) is 46.2 Å². The predicted octanol–water partition coefficient (Wildman–Crippen LogP) is 5.18. The standard InChI is InChI=1S/C17H14ClNO2S2/c1-12-4-2-3-5-17(12)23(20,21)19-15-10-16(22-11-15)13-6-8-14(18)9-7-13/h2-11,19H,1H3. The average Bonchev–Trinajstić information content (AvgIpc) is 2.96. The zero-order valence-electron chi connectivity index (χ0n) is 12.3. The number of rotatable bonds is 4. The highest BCUT2D eigenvalue weighted by molar-refractivity contribution is 7.92. The molecule has 0 amide bonds. The number of halogens is 1. The molecule has 0 aliphatic rings. The number of nitrogens with one attached hydrogen (secondary N) is 1. The van der Waals surface area contributed by atoms with Gasteiger partial charge in [-0.05, 0) is 42.3 Å². The fourth-order valence-corrected chi connectivity index (χ4v) is 4.56. The molecule has 1 N–H and O–H groups in total. The second-order valence-electron chi connectivity index (χ2n) is 5.08. The number of hydrogen-bond acceptors (Lipinski definition) is 3. The Morgan fingerprint density at radius 2 is 1.74 bits per heavy atom. The molecule has 0 atom stereocenters. The first-order valence-electron chi connectivity index (χ1n) is 6.89. The second-order valence-corrected chi connectivity index (χ2v) is 8.08. The number of hydrogen-bond donors (Lipinski definition) is 1. The second kappa shape index (κ2) is 6.35. The minimum atomic E-state index is -3.58. The van der Waals surface area contributed by atoms with Crippen molar-refractivity contribution in [1.82, 2.24) is 0 Å². The van der Waals surface area contributed by atoms with E-state index in [-0.39, 0.29) is 0 Å². The van der Waals surface area contributed by atoms with Crippen LogP contribution in [0.4, 0.5) is 5.69 Å². The van der Waals surface area contributed by atoms with Gasteiger partial charge in [0.15, 0.2) is 0 Å². The molecule has 0 spiro atoms. The molecule has 1 aromatic heterocycles. The highest BCUT2D eigenvalue weighted by Gasteiger charge is 2.17. The van der Waals surface area contributed by atoms with Gasteiger partial charge in [-0.2, -0.15) is 0 Å². The molecule has 23 heavy (non-hydrogen) atoms. The van der Waals surface area contributed by atoms with Gasteiger partial charge in [-0.25, -0.2) is 8.42 Å². The van der Waals surface area contributed by atoms with E-state index in [2.05, 4.69) is 4.72 Å². The van der Waals surface area contributed by atoms with Crippen LogP contribution < -0.4 is 4.72 Å². The lowest BCUT2D eigenvalue weighted by molar-refractivity contribution is 0.600. The number of benzene rings is 2. The Morgan fingerprint density at radius 3 is 2.43 bits per heavy atom. The van der Waals surface area contributed by atoms with Gasteiger partial charge in [-0.1, -0.05) is 41.9 Å². The quantitative estimate of drug-likeness (QED) is 0.694. The summed E-state index contributed by atoms with van der Waals surface area (Å²) < 4.78 is 27.6. The summed E-state index contributed by atoms with van der Waals surface area (Å²) in [5, 5.41) is 2.46. The average molecular weight is 364 g/mol. The van der Waals surface area contributed by atoms with Crippen LogP contribution in [-0.2, 0) is 10.0 Å². The summed E-state index contributed by atoms with van der Waals surface area (Å²) in [6.45, 7) is 1.78. The highest BCUT2D eigenvalue weighted by atomic mass is 35.5. The summed E-state index contributed by atoms with van der Waals surface area (Å²) in [5.74, 6) is 0. The van der Waals surface area contributed by atoms with Gasteiger partial charge in [0.2, 0.25) is 0 Å². The van der Waals surface area contributed by atoms with E-state index in [9.17, 15) is 8.42 Å². The van der Waals surface area contributed by atoms with Crippen LogP contribution >= 0.6 is 22.9 Å². The van der Waals surface area contributed by atoms with Crippen molar-refractivity contribution in [3.8, 4) is 10.4 Å². The lowest BCUT2D eigenvalue weighted by Crippen LogP contribution is -2.13. The Balaban J connectivity index is 1.87. The van der Waals surface area contributed by atoms with Gasteiger partial charge in [-0.15, -0.1) is 11.3 Å². The van der Waals surface area contributed by atoms with Gasteiger partial charge >= 0.3 is 0 Å². The van der Waals surface area contributed by atoms with Gasteiger partial charge in [0.25, 0.3) is 10.0 Å². The van der Waals surface area contributed by atoms with Crippen LogP contribution in [0.5, 0.6) is 0 Å². The lowest BCUT2D eigenvalue weighted by atomic mass is 10.2. The molecule has 0 radical (unpaired) electrons. The Labute approximate surface area is 144 Å². The van der Waals surface area contributed by atoms with Crippen molar-refractivity contribution in [2.24, 2.45) is 0 Å². The summed E-state index contributed by atoms with van der Waals surface area (Å²) in [5.41, 5.74) is 2.28.